The van der Waals surface area contributed by atoms with E-state index in [2.05, 4.69) is 5.16 Å². The van der Waals surface area contributed by atoms with Gasteiger partial charge in [0, 0.05) is 16.7 Å². The lowest BCUT2D eigenvalue weighted by Crippen LogP contribution is -2.29. The lowest BCUT2D eigenvalue weighted by atomic mass is 9.95. The zero-order valence-electron chi connectivity index (χ0n) is 15.7. The number of aromatic nitrogens is 1. The number of hydrogen-bond donors (Lipinski definition) is 1. The van der Waals surface area contributed by atoms with E-state index in [9.17, 15) is 14.7 Å². The molecule has 0 spiro atoms. The van der Waals surface area contributed by atoms with Gasteiger partial charge in [0.05, 0.1) is 11.6 Å². The number of rotatable bonds is 3. The van der Waals surface area contributed by atoms with Gasteiger partial charge in [-0.25, -0.2) is 0 Å². The maximum Gasteiger partial charge on any atom is 0.301 e. The maximum absolute atomic E-state index is 12.9. The second kappa shape index (κ2) is 7.22. The van der Waals surface area contributed by atoms with Gasteiger partial charge in [0.1, 0.15) is 11.5 Å². The fraction of sp³-hybridized carbons (Fsp3) is 0.136. The molecule has 3 aromatic rings. The van der Waals surface area contributed by atoms with Crippen molar-refractivity contribution in [2.45, 2.75) is 19.9 Å². The fourth-order valence-corrected chi connectivity index (χ4v) is 3.49. The minimum atomic E-state index is -0.837. The summed E-state index contributed by atoms with van der Waals surface area (Å²) in [6, 6.07) is 14.5. The standard InChI is InChI=1S/C22H17ClN2O4/c1-12-3-5-14(6-4-12)19-18(20(26)15-7-9-16(23)10-8-15)21(27)22(28)25(19)17-11-13(2)29-24-17/h3-11,19,26H,1-2H3/b20-18+/t19-/m0/s1. The summed E-state index contributed by atoms with van der Waals surface area (Å²) in [5, 5.41) is 15.4. The Kier molecular flexibility index (Phi) is 4.72. The number of amides is 1. The van der Waals surface area contributed by atoms with Gasteiger partial charge in [-0.1, -0.05) is 46.6 Å². The molecule has 7 heteroatoms. The van der Waals surface area contributed by atoms with E-state index in [0.29, 0.717) is 21.9 Å². The van der Waals surface area contributed by atoms with Gasteiger partial charge in [-0.15, -0.1) is 0 Å². The largest absolute Gasteiger partial charge is 0.507 e. The Bertz CT molecular complexity index is 1130. The van der Waals surface area contributed by atoms with Gasteiger partial charge in [-0.3, -0.25) is 14.5 Å². The summed E-state index contributed by atoms with van der Waals surface area (Å²) in [5.74, 6) is -1.12. The Morgan fingerprint density at radius 2 is 1.72 bits per heavy atom. The Hall–Kier alpha value is -3.38. The molecule has 4 rings (SSSR count). The number of benzene rings is 2. The SMILES string of the molecule is Cc1ccc([C@H]2/C(=C(\O)c3ccc(Cl)cc3)C(=O)C(=O)N2c2cc(C)on2)cc1. The molecule has 0 unspecified atom stereocenters. The smallest absolute Gasteiger partial charge is 0.301 e. The molecule has 2 heterocycles. The first-order valence-electron chi connectivity index (χ1n) is 8.93. The van der Waals surface area contributed by atoms with Crippen LogP contribution in [0.3, 0.4) is 0 Å². The molecule has 0 radical (unpaired) electrons. The molecule has 1 saturated heterocycles. The van der Waals surface area contributed by atoms with Crippen LogP contribution in [0.15, 0.2) is 64.7 Å². The topological polar surface area (TPSA) is 83.6 Å². The molecule has 6 nitrogen and oxygen atoms in total. The monoisotopic (exact) mass is 408 g/mol. The third-order valence-corrected chi connectivity index (χ3v) is 5.07. The second-order valence-electron chi connectivity index (χ2n) is 6.88. The number of nitrogens with zero attached hydrogens (tertiary/aromatic N) is 2. The molecule has 146 valence electrons. The molecule has 1 atom stereocenters. The van der Waals surface area contributed by atoms with E-state index in [0.717, 1.165) is 5.56 Å². The molecule has 0 saturated carbocycles. The zero-order valence-corrected chi connectivity index (χ0v) is 16.5. The highest BCUT2D eigenvalue weighted by molar-refractivity contribution is 6.51. The van der Waals surface area contributed by atoms with Gasteiger partial charge in [0.2, 0.25) is 0 Å². The second-order valence-corrected chi connectivity index (χ2v) is 7.32. The quantitative estimate of drug-likeness (QED) is 0.390. The fourth-order valence-electron chi connectivity index (χ4n) is 3.36. The highest BCUT2D eigenvalue weighted by Crippen LogP contribution is 2.41. The van der Waals surface area contributed by atoms with Gasteiger partial charge in [-0.2, -0.15) is 0 Å². The van der Waals surface area contributed by atoms with Crippen LogP contribution in [0.2, 0.25) is 5.02 Å². The van der Waals surface area contributed by atoms with Crippen LogP contribution >= 0.6 is 11.6 Å². The van der Waals surface area contributed by atoms with Crippen LogP contribution in [0.25, 0.3) is 5.76 Å². The van der Waals surface area contributed by atoms with Crippen molar-refractivity contribution in [3.63, 3.8) is 0 Å². The van der Waals surface area contributed by atoms with Crippen molar-refractivity contribution in [2.24, 2.45) is 0 Å². The summed E-state index contributed by atoms with van der Waals surface area (Å²) < 4.78 is 5.11. The zero-order chi connectivity index (χ0) is 20.7. The van der Waals surface area contributed by atoms with Crippen molar-refractivity contribution >= 4 is 34.9 Å². The van der Waals surface area contributed by atoms with Crippen molar-refractivity contribution < 1.29 is 19.2 Å². The molecule has 1 aliphatic heterocycles. The van der Waals surface area contributed by atoms with Crippen molar-refractivity contribution in [3.05, 3.63) is 87.6 Å². The predicted molar refractivity (Wildman–Crippen MR) is 109 cm³/mol. The van der Waals surface area contributed by atoms with Crippen LogP contribution in [0.5, 0.6) is 0 Å². The lowest BCUT2D eigenvalue weighted by molar-refractivity contribution is -0.132. The van der Waals surface area contributed by atoms with Gasteiger partial charge in [-0.05, 0) is 43.7 Å². The van der Waals surface area contributed by atoms with Crippen molar-refractivity contribution in [1.82, 2.24) is 5.16 Å². The molecule has 1 fully saturated rings. The predicted octanol–water partition coefficient (Wildman–Crippen LogP) is 4.57. The maximum atomic E-state index is 12.9. The highest BCUT2D eigenvalue weighted by Gasteiger charge is 2.48. The molecule has 0 aliphatic carbocycles. The number of aryl methyl sites for hydroxylation is 2. The van der Waals surface area contributed by atoms with E-state index in [4.69, 9.17) is 16.1 Å². The first-order chi connectivity index (χ1) is 13.9. The molecule has 1 amide bonds. The Morgan fingerprint density at radius 3 is 2.31 bits per heavy atom. The summed E-state index contributed by atoms with van der Waals surface area (Å²) >= 11 is 5.93. The number of carbonyl (C=O) groups is 2. The van der Waals surface area contributed by atoms with Gasteiger partial charge >= 0.3 is 5.91 Å². The number of aliphatic hydroxyl groups is 1. The third kappa shape index (κ3) is 3.32. The minimum absolute atomic E-state index is 0.0122. The third-order valence-electron chi connectivity index (χ3n) is 4.82. The van der Waals surface area contributed by atoms with Crippen LogP contribution < -0.4 is 4.90 Å². The number of halogens is 1. The molecule has 1 N–H and O–H groups in total. The minimum Gasteiger partial charge on any atom is -0.507 e. The number of carbonyl (C=O) groups excluding carboxylic acids is 2. The molecular weight excluding hydrogens is 392 g/mol. The van der Waals surface area contributed by atoms with E-state index in [1.165, 1.54) is 4.90 Å². The van der Waals surface area contributed by atoms with Crippen molar-refractivity contribution in [3.8, 4) is 0 Å². The summed E-state index contributed by atoms with van der Waals surface area (Å²) in [7, 11) is 0. The van der Waals surface area contributed by atoms with E-state index < -0.39 is 17.7 Å². The Labute approximate surface area is 172 Å². The number of anilines is 1. The summed E-state index contributed by atoms with van der Waals surface area (Å²) in [5.41, 5.74) is 2.08. The van der Waals surface area contributed by atoms with Crippen LogP contribution in [-0.4, -0.2) is 22.0 Å². The summed E-state index contributed by atoms with van der Waals surface area (Å²) in [6.07, 6.45) is 0. The van der Waals surface area contributed by atoms with Gasteiger partial charge < -0.3 is 9.63 Å². The van der Waals surface area contributed by atoms with E-state index in [-0.39, 0.29) is 17.2 Å². The number of ketones is 1. The average Bonchev–Trinajstić information content (AvgIpc) is 3.24. The summed E-state index contributed by atoms with van der Waals surface area (Å²) in [4.78, 5) is 27.1. The molecule has 0 bridgehead atoms. The molecule has 1 aliphatic rings. The average molecular weight is 409 g/mol. The number of hydrogen-bond acceptors (Lipinski definition) is 5. The van der Waals surface area contributed by atoms with Gasteiger partial charge in [0.15, 0.2) is 5.82 Å². The van der Waals surface area contributed by atoms with Crippen LogP contribution in [-0.2, 0) is 9.59 Å². The normalized spacial score (nSPS) is 18.4. The molecular formula is C22H17ClN2O4. The number of aliphatic hydroxyl groups excluding tert-OH is 1. The Balaban J connectivity index is 1.93. The van der Waals surface area contributed by atoms with E-state index in [1.54, 1.807) is 37.3 Å². The van der Waals surface area contributed by atoms with E-state index >= 15 is 0 Å². The van der Waals surface area contributed by atoms with Crippen LogP contribution in [0.4, 0.5) is 5.82 Å². The van der Waals surface area contributed by atoms with Crippen molar-refractivity contribution in [2.75, 3.05) is 4.90 Å². The molecule has 29 heavy (non-hydrogen) atoms. The van der Waals surface area contributed by atoms with Crippen LogP contribution in [0, 0.1) is 13.8 Å². The van der Waals surface area contributed by atoms with E-state index in [1.807, 2.05) is 31.2 Å². The molecule has 2 aromatic carbocycles. The van der Waals surface area contributed by atoms with Crippen molar-refractivity contribution in [1.29, 1.82) is 0 Å². The Morgan fingerprint density at radius 1 is 1.07 bits per heavy atom. The lowest BCUT2D eigenvalue weighted by Gasteiger charge is -2.23. The summed E-state index contributed by atoms with van der Waals surface area (Å²) in [6.45, 7) is 3.64. The first kappa shape index (κ1) is 19.0. The van der Waals surface area contributed by atoms with Crippen LogP contribution in [0.1, 0.15) is 28.5 Å². The first-order valence-corrected chi connectivity index (χ1v) is 9.31. The highest BCUT2D eigenvalue weighted by atomic mass is 35.5. The molecule has 1 aromatic heterocycles. The van der Waals surface area contributed by atoms with Gasteiger partial charge in [0.25, 0.3) is 5.78 Å². The number of Topliss-reactive ketones (excluding diaryl/α,β-unsaturated/α-hetero) is 1.